The summed E-state index contributed by atoms with van der Waals surface area (Å²) in [5.41, 5.74) is 6.94. The summed E-state index contributed by atoms with van der Waals surface area (Å²) in [6.07, 6.45) is 1.98. The molecule has 7 heteroatoms. The predicted molar refractivity (Wildman–Crippen MR) is 111 cm³/mol. The van der Waals surface area contributed by atoms with E-state index in [1.165, 1.54) is 0 Å². The molecule has 0 aliphatic heterocycles. The monoisotopic (exact) mass is 395 g/mol. The van der Waals surface area contributed by atoms with Crippen LogP contribution in [0.3, 0.4) is 0 Å². The van der Waals surface area contributed by atoms with Crippen LogP contribution in [-0.4, -0.2) is 29.5 Å². The molecular formula is C22H25N3O4. The molecule has 3 aromatic rings. The molecule has 1 atom stereocenters. The Morgan fingerprint density at radius 1 is 1.03 bits per heavy atom. The van der Waals surface area contributed by atoms with Gasteiger partial charge < -0.3 is 14.5 Å². The lowest BCUT2D eigenvalue weighted by Crippen LogP contribution is -2.47. The second kappa shape index (κ2) is 9.64. The highest BCUT2D eigenvalue weighted by Crippen LogP contribution is 2.19. The van der Waals surface area contributed by atoms with Crippen molar-refractivity contribution in [3.8, 4) is 11.5 Å². The molecule has 3 N–H and O–H groups in total. The van der Waals surface area contributed by atoms with E-state index in [0.717, 1.165) is 22.2 Å². The van der Waals surface area contributed by atoms with Gasteiger partial charge in [-0.15, -0.1) is 0 Å². The van der Waals surface area contributed by atoms with Gasteiger partial charge >= 0.3 is 0 Å². The summed E-state index contributed by atoms with van der Waals surface area (Å²) in [7, 11) is 0. The van der Waals surface area contributed by atoms with E-state index in [1.807, 2.05) is 37.4 Å². The highest BCUT2D eigenvalue weighted by Gasteiger charge is 2.15. The van der Waals surface area contributed by atoms with Crippen molar-refractivity contribution in [2.24, 2.45) is 0 Å². The van der Waals surface area contributed by atoms with E-state index in [-0.39, 0.29) is 12.3 Å². The van der Waals surface area contributed by atoms with Crippen molar-refractivity contribution >= 4 is 22.7 Å². The third-order valence-electron chi connectivity index (χ3n) is 4.44. The molecule has 2 aromatic carbocycles. The molecule has 0 radical (unpaired) electrons. The molecule has 0 fully saturated rings. The SMILES string of the molecule is CCOc1ccc(OC(C)C(=O)NNC(=O)CCc2c[nH]c3ccccc23)cc1. The number of hydrogen-bond donors (Lipinski definition) is 3. The molecule has 1 unspecified atom stereocenters. The van der Waals surface area contributed by atoms with Crippen LogP contribution in [0, 0.1) is 0 Å². The topological polar surface area (TPSA) is 92.4 Å². The second-order valence-corrected chi connectivity index (χ2v) is 6.56. The fraction of sp³-hybridized carbons (Fsp3) is 0.273. The molecule has 152 valence electrons. The quantitative estimate of drug-likeness (QED) is 0.511. The number of amides is 2. The molecule has 1 heterocycles. The lowest BCUT2D eigenvalue weighted by molar-refractivity contribution is -0.132. The Labute approximate surface area is 169 Å². The maximum atomic E-state index is 12.1. The third-order valence-corrected chi connectivity index (χ3v) is 4.44. The molecule has 0 saturated heterocycles. The van der Waals surface area contributed by atoms with Gasteiger partial charge in [-0.2, -0.15) is 0 Å². The number of hydrogen-bond acceptors (Lipinski definition) is 4. The number of ether oxygens (including phenoxy) is 2. The smallest absolute Gasteiger partial charge is 0.279 e. The van der Waals surface area contributed by atoms with Crippen molar-refractivity contribution in [3.05, 3.63) is 60.3 Å². The van der Waals surface area contributed by atoms with Gasteiger partial charge in [0.15, 0.2) is 6.10 Å². The van der Waals surface area contributed by atoms with Crippen LogP contribution in [0.15, 0.2) is 54.7 Å². The van der Waals surface area contributed by atoms with Gasteiger partial charge in [0.05, 0.1) is 6.61 Å². The van der Waals surface area contributed by atoms with Crippen molar-refractivity contribution in [1.82, 2.24) is 15.8 Å². The van der Waals surface area contributed by atoms with E-state index in [4.69, 9.17) is 9.47 Å². The largest absolute Gasteiger partial charge is 0.494 e. The summed E-state index contributed by atoms with van der Waals surface area (Å²) < 4.78 is 11.0. The number of aryl methyl sites for hydroxylation is 1. The van der Waals surface area contributed by atoms with Crippen LogP contribution >= 0.6 is 0 Å². The molecule has 2 amide bonds. The number of nitrogens with one attached hydrogen (secondary N) is 3. The number of carbonyl (C=O) groups is 2. The van der Waals surface area contributed by atoms with Crippen LogP contribution in [0.5, 0.6) is 11.5 Å². The van der Waals surface area contributed by atoms with E-state index in [1.54, 1.807) is 31.2 Å². The van der Waals surface area contributed by atoms with E-state index >= 15 is 0 Å². The Morgan fingerprint density at radius 2 is 1.76 bits per heavy atom. The number of fused-ring (bicyclic) bond motifs is 1. The van der Waals surface area contributed by atoms with Gasteiger partial charge in [0.25, 0.3) is 5.91 Å². The van der Waals surface area contributed by atoms with Crippen molar-refractivity contribution in [3.63, 3.8) is 0 Å². The first-order valence-corrected chi connectivity index (χ1v) is 9.60. The summed E-state index contributed by atoms with van der Waals surface area (Å²) in [6.45, 7) is 4.11. The molecule has 7 nitrogen and oxygen atoms in total. The van der Waals surface area contributed by atoms with Gasteiger partial charge in [-0.05, 0) is 56.2 Å². The Morgan fingerprint density at radius 3 is 2.52 bits per heavy atom. The molecule has 0 spiro atoms. The van der Waals surface area contributed by atoms with Gasteiger partial charge in [-0.1, -0.05) is 18.2 Å². The highest BCUT2D eigenvalue weighted by atomic mass is 16.5. The number of hydrazine groups is 1. The van der Waals surface area contributed by atoms with Crippen molar-refractivity contribution in [1.29, 1.82) is 0 Å². The molecule has 0 aliphatic carbocycles. The second-order valence-electron chi connectivity index (χ2n) is 6.56. The van der Waals surface area contributed by atoms with Crippen LogP contribution in [0.4, 0.5) is 0 Å². The third kappa shape index (κ3) is 5.51. The van der Waals surface area contributed by atoms with Gasteiger partial charge in [0.1, 0.15) is 11.5 Å². The number of aromatic nitrogens is 1. The van der Waals surface area contributed by atoms with Gasteiger partial charge in [-0.25, -0.2) is 0 Å². The fourth-order valence-electron chi connectivity index (χ4n) is 2.92. The highest BCUT2D eigenvalue weighted by molar-refractivity contribution is 5.86. The van der Waals surface area contributed by atoms with Crippen LogP contribution < -0.4 is 20.3 Å². The zero-order valence-electron chi connectivity index (χ0n) is 16.5. The first kappa shape index (κ1) is 20.3. The maximum absolute atomic E-state index is 12.1. The Balaban J connectivity index is 1.42. The molecule has 1 aromatic heterocycles. The first-order valence-electron chi connectivity index (χ1n) is 9.60. The number of carbonyl (C=O) groups excluding carboxylic acids is 2. The summed E-state index contributed by atoms with van der Waals surface area (Å²) in [5, 5.41) is 1.10. The number of H-pyrrole nitrogens is 1. The van der Waals surface area contributed by atoms with Gasteiger partial charge in [0.2, 0.25) is 5.91 Å². The predicted octanol–water partition coefficient (Wildman–Crippen LogP) is 3.11. The van der Waals surface area contributed by atoms with Crippen molar-refractivity contribution in [2.75, 3.05) is 6.61 Å². The molecule has 3 rings (SSSR count). The van der Waals surface area contributed by atoms with Crippen LogP contribution in [0.2, 0.25) is 0 Å². The van der Waals surface area contributed by atoms with Crippen molar-refractivity contribution in [2.45, 2.75) is 32.8 Å². The van der Waals surface area contributed by atoms with E-state index in [0.29, 0.717) is 18.8 Å². The average molecular weight is 395 g/mol. The normalized spacial score (nSPS) is 11.7. The summed E-state index contributed by atoms with van der Waals surface area (Å²) in [4.78, 5) is 27.4. The minimum Gasteiger partial charge on any atom is -0.494 e. The average Bonchev–Trinajstić information content (AvgIpc) is 3.15. The van der Waals surface area contributed by atoms with Crippen LogP contribution in [0.25, 0.3) is 10.9 Å². The standard InChI is InChI=1S/C22H25N3O4/c1-3-28-17-9-11-18(12-10-17)29-15(2)22(27)25-24-21(26)13-8-16-14-23-20-7-5-4-6-19(16)20/h4-7,9-12,14-15,23H,3,8,13H2,1-2H3,(H,24,26)(H,25,27). The molecule has 0 saturated carbocycles. The zero-order valence-corrected chi connectivity index (χ0v) is 16.5. The first-order chi connectivity index (χ1) is 14.1. The number of aromatic amines is 1. The van der Waals surface area contributed by atoms with Crippen LogP contribution in [0.1, 0.15) is 25.8 Å². The van der Waals surface area contributed by atoms with Gasteiger partial charge in [-0.3, -0.25) is 20.4 Å². The van der Waals surface area contributed by atoms with Crippen molar-refractivity contribution < 1.29 is 19.1 Å². The Hall–Kier alpha value is -3.48. The van der Waals surface area contributed by atoms with Crippen LogP contribution in [-0.2, 0) is 16.0 Å². The number of rotatable bonds is 8. The van der Waals surface area contributed by atoms with E-state index < -0.39 is 12.0 Å². The van der Waals surface area contributed by atoms with E-state index in [2.05, 4.69) is 15.8 Å². The summed E-state index contributed by atoms with van der Waals surface area (Å²) >= 11 is 0. The number of benzene rings is 2. The van der Waals surface area contributed by atoms with Gasteiger partial charge in [0, 0.05) is 23.5 Å². The number of para-hydroxylation sites is 1. The lowest BCUT2D eigenvalue weighted by atomic mass is 10.1. The summed E-state index contributed by atoms with van der Waals surface area (Å²) in [5.74, 6) is 0.581. The van der Waals surface area contributed by atoms with E-state index in [9.17, 15) is 9.59 Å². The summed E-state index contributed by atoms with van der Waals surface area (Å²) in [6, 6.07) is 14.9. The molecular weight excluding hydrogens is 370 g/mol. The molecule has 0 aliphatic rings. The lowest BCUT2D eigenvalue weighted by Gasteiger charge is -2.15. The Bertz CT molecular complexity index is 966. The molecule has 0 bridgehead atoms. The minimum atomic E-state index is -0.762. The minimum absolute atomic E-state index is 0.260. The molecule has 29 heavy (non-hydrogen) atoms. The maximum Gasteiger partial charge on any atom is 0.279 e. The Kier molecular flexibility index (Phi) is 6.73. The fourth-order valence-corrected chi connectivity index (χ4v) is 2.92. The zero-order chi connectivity index (χ0) is 20.6.